The Labute approximate surface area is 323 Å². The molecule has 0 fully saturated rings. The third-order valence-corrected chi connectivity index (χ3v) is 10.3. The number of carbonyl (C=O) groups is 3. The highest BCUT2D eigenvalue weighted by Crippen LogP contribution is 2.16. The average Bonchev–Trinajstić information content (AvgIpc) is 3.12. The fraction of sp³-hybridized carbons (Fsp3) is 0.935. The Hall–Kier alpha value is -1.59. The summed E-state index contributed by atoms with van der Waals surface area (Å²) in [4.78, 5) is 37.7. The zero-order valence-corrected chi connectivity index (χ0v) is 35.3. The minimum absolute atomic E-state index is 0.0640. The third kappa shape index (κ3) is 39.6. The van der Waals surface area contributed by atoms with Crippen molar-refractivity contribution < 1.29 is 28.6 Å². The predicted molar refractivity (Wildman–Crippen MR) is 220 cm³/mol. The molecular formula is C46H88O6. The molecule has 0 aromatic heterocycles. The molecule has 0 unspecified atom stereocenters. The first-order valence-electron chi connectivity index (χ1n) is 22.9. The van der Waals surface area contributed by atoms with Gasteiger partial charge in [-0.3, -0.25) is 14.4 Å². The van der Waals surface area contributed by atoms with Crippen molar-refractivity contribution in [1.82, 2.24) is 0 Å². The van der Waals surface area contributed by atoms with Crippen molar-refractivity contribution in [3.05, 3.63) is 0 Å². The molecule has 0 radical (unpaired) electrons. The Balaban J connectivity index is 4.33. The van der Waals surface area contributed by atoms with Gasteiger partial charge in [0.2, 0.25) is 0 Å². The van der Waals surface area contributed by atoms with E-state index in [1.54, 1.807) is 0 Å². The van der Waals surface area contributed by atoms with Gasteiger partial charge in [0.25, 0.3) is 0 Å². The number of hydrogen-bond donors (Lipinski definition) is 0. The number of rotatable bonds is 41. The topological polar surface area (TPSA) is 78.9 Å². The number of carbonyl (C=O) groups excluding carboxylic acids is 3. The van der Waals surface area contributed by atoms with Crippen LogP contribution in [0, 0.1) is 5.92 Å². The Morgan fingerprint density at radius 1 is 0.365 bits per heavy atom. The van der Waals surface area contributed by atoms with E-state index in [1.165, 1.54) is 148 Å². The lowest BCUT2D eigenvalue weighted by Gasteiger charge is -2.18. The maximum Gasteiger partial charge on any atom is 0.306 e. The second kappa shape index (κ2) is 40.6. The molecule has 0 amide bonds. The van der Waals surface area contributed by atoms with Gasteiger partial charge in [0, 0.05) is 19.3 Å². The van der Waals surface area contributed by atoms with Gasteiger partial charge in [-0.2, -0.15) is 0 Å². The van der Waals surface area contributed by atoms with E-state index in [4.69, 9.17) is 14.2 Å². The van der Waals surface area contributed by atoms with E-state index in [2.05, 4.69) is 27.7 Å². The van der Waals surface area contributed by atoms with Gasteiger partial charge in [-0.05, 0) is 25.2 Å². The Kier molecular flexibility index (Phi) is 39.4. The van der Waals surface area contributed by atoms with Crippen LogP contribution in [-0.2, 0) is 28.6 Å². The SMILES string of the molecule is CCCCCCCCCCCCCCC(=O)O[C@@H](COC(=O)CCCCCCCCCCCCC)COC(=O)CCCCCCCCCCC(C)C. The van der Waals surface area contributed by atoms with E-state index in [1.807, 2.05) is 0 Å². The van der Waals surface area contributed by atoms with Crippen LogP contribution >= 0.6 is 0 Å². The van der Waals surface area contributed by atoms with Gasteiger partial charge in [-0.1, -0.05) is 214 Å². The molecule has 0 N–H and O–H groups in total. The number of ether oxygens (including phenoxy) is 3. The fourth-order valence-electron chi connectivity index (χ4n) is 6.80. The molecule has 0 saturated heterocycles. The first kappa shape index (κ1) is 50.4. The van der Waals surface area contributed by atoms with Crippen molar-refractivity contribution >= 4 is 17.9 Å². The summed E-state index contributed by atoms with van der Waals surface area (Å²) in [6.07, 6.45) is 39.4. The summed E-state index contributed by atoms with van der Waals surface area (Å²) in [6.45, 7) is 8.95. The molecule has 0 aromatic carbocycles. The van der Waals surface area contributed by atoms with Gasteiger partial charge in [-0.25, -0.2) is 0 Å². The fourth-order valence-corrected chi connectivity index (χ4v) is 6.80. The molecule has 6 heteroatoms. The van der Waals surface area contributed by atoms with Crippen LogP contribution in [0.3, 0.4) is 0 Å². The first-order chi connectivity index (χ1) is 25.4. The van der Waals surface area contributed by atoms with Crippen LogP contribution < -0.4 is 0 Å². The van der Waals surface area contributed by atoms with Crippen molar-refractivity contribution in [3.8, 4) is 0 Å². The molecular weight excluding hydrogens is 648 g/mol. The van der Waals surface area contributed by atoms with E-state index < -0.39 is 6.10 Å². The summed E-state index contributed by atoms with van der Waals surface area (Å²) < 4.78 is 16.7. The molecule has 6 nitrogen and oxygen atoms in total. The average molecular weight is 737 g/mol. The second-order valence-corrected chi connectivity index (χ2v) is 16.2. The molecule has 0 bridgehead atoms. The molecule has 52 heavy (non-hydrogen) atoms. The van der Waals surface area contributed by atoms with Gasteiger partial charge < -0.3 is 14.2 Å². The number of unbranched alkanes of at least 4 members (excludes halogenated alkanes) is 28. The van der Waals surface area contributed by atoms with Crippen molar-refractivity contribution in [2.75, 3.05) is 13.2 Å². The highest BCUT2D eigenvalue weighted by molar-refractivity contribution is 5.71. The monoisotopic (exact) mass is 737 g/mol. The van der Waals surface area contributed by atoms with Crippen molar-refractivity contribution in [2.24, 2.45) is 5.92 Å². The van der Waals surface area contributed by atoms with Crippen molar-refractivity contribution in [2.45, 2.75) is 259 Å². The van der Waals surface area contributed by atoms with Gasteiger partial charge in [0.05, 0.1) is 0 Å². The van der Waals surface area contributed by atoms with Crippen LogP contribution in [0.2, 0.25) is 0 Å². The molecule has 0 rings (SSSR count). The van der Waals surface area contributed by atoms with Crippen LogP contribution in [0.15, 0.2) is 0 Å². The lowest BCUT2D eigenvalue weighted by Crippen LogP contribution is -2.30. The van der Waals surface area contributed by atoms with Crippen LogP contribution in [0.5, 0.6) is 0 Å². The maximum absolute atomic E-state index is 12.7. The highest BCUT2D eigenvalue weighted by atomic mass is 16.6. The van der Waals surface area contributed by atoms with Gasteiger partial charge in [0.15, 0.2) is 6.10 Å². The molecule has 0 heterocycles. The van der Waals surface area contributed by atoms with Gasteiger partial charge >= 0.3 is 17.9 Å². The van der Waals surface area contributed by atoms with Crippen molar-refractivity contribution in [3.63, 3.8) is 0 Å². The quantitative estimate of drug-likeness (QED) is 0.0353. The van der Waals surface area contributed by atoms with Gasteiger partial charge in [-0.15, -0.1) is 0 Å². The van der Waals surface area contributed by atoms with Crippen LogP contribution in [0.4, 0.5) is 0 Å². The summed E-state index contributed by atoms with van der Waals surface area (Å²) in [5.41, 5.74) is 0. The molecule has 0 saturated carbocycles. The second-order valence-electron chi connectivity index (χ2n) is 16.2. The molecule has 0 aliphatic heterocycles. The van der Waals surface area contributed by atoms with E-state index in [0.29, 0.717) is 19.3 Å². The summed E-state index contributed by atoms with van der Waals surface area (Å²) in [7, 11) is 0. The minimum Gasteiger partial charge on any atom is -0.462 e. The maximum atomic E-state index is 12.7. The van der Waals surface area contributed by atoms with Crippen LogP contribution in [0.25, 0.3) is 0 Å². The Morgan fingerprint density at radius 3 is 0.942 bits per heavy atom. The van der Waals surface area contributed by atoms with E-state index in [-0.39, 0.29) is 31.1 Å². The van der Waals surface area contributed by atoms with Gasteiger partial charge in [0.1, 0.15) is 13.2 Å². The standard InChI is InChI=1S/C46H88O6/c1-5-7-9-11-13-15-17-19-21-27-31-35-39-46(49)52-43(40-50-44(47)37-33-29-25-20-18-16-14-12-10-8-6-2)41-51-45(48)38-34-30-26-23-22-24-28-32-36-42(3)4/h42-43H,5-41H2,1-4H3/t43-/m0/s1. The summed E-state index contributed by atoms with van der Waals surface area (Å²) >= 11 is 0. The number of hydrogen-bond acceptors (Lipinski definition) is 6. The zero-order valence-electron chi connectivity index (χ0n) is 35.3. The molecule has 308 valence electrons. The smallest absolute Gasteiger partial charge is 0.306 e. The Morgan fingerprint density at radius 2 is 0.635 bits per heavy atom. The first-order valence-corrected chi connectivity index (χ1v) is 22.9. The highest BCUT2D eigenvalue weighted by Gasteiger charge is 2.19. The number of esters is 3. The molecule has 0 aliphatic carbocycles. The molecule has 1 atom stereocenters. The normalized spacial score (nSPS) is 11.9. The van der Waals surface area contributed by atoms with Crippen LogP contribution in [0.1, 0.15) is 252 Å². The van der Waals surface area contributed by atoms with E-state index in [0.717, 1.165) is 63.7 Å². The summed E-state index contributed by atoms with van der Waals surface area (Å²) in [5, 5.41) is 0. The molecule has 0 aliphatic rings. The van der Waals surface area contributed by atoms with Crippen molar-refractivity contribution in [1.29, 1.82) is 0 Å². The van der Waals surface area contributed by atoms with E-state index >= 15 is 0 Å². The zero-order chi connectivity index (χ0) is 38.2. The summed E-state index contributed by atoms with van der Waals surface area (Å²) in [5.74, 6) is -0.0591. The lowest BCUT2D eigenvalue weighted by atomic mass is 10.0. The molecule has 0 spiro atoms. The lowest BCUT2D eigenvalue weighted by molar-refractivity contribution is -0.167. The minimum atomic E-state index is -0.759. The molecule has 0 aromatic rings. The third-order valence-electron chi connectivity index (χ3n) is 10.3. The predicted octanol–water partition coefficient (Wildman–Crippen LogP) is 14.3. The largest absolute Gasteiger partial charge is 0.462 e. The Bertz CT molecular complexity index is 781. The van der Waals surface area contributed by atoms with E-state index in [9.17, 15) is 14.4 Å². The van der Waals surface area contributed by atoms with Crippen LogP contribution in [-0.4, -0.2) is 37.2 Å². The summed E-state index contributed by atoms with van der Waals surface area (Å²) in [6, 6.07) is 0.